The molecule has 0 radical (unpaired) electrons. The van der Waals surface area contributed by atoms with E-state index in [-0.39, 0.29) is 11.2 Å². The minimum atomic E-state index is -0.307. The third-order valence-corrected chi connectivity index (χ3v) is 2.82. The maximum absolute atomic E-state index is 9.28. The van der Waals surface area contributed by atoms with E-state index in [1.54, 1.807) is 18.2 Å². The lowest BCUT2D eigenvalue weighted by molar-refractivity contribution is 0.322. The summed E-state index contributed by atoms with van der Waals surface area (Å²) in [6, 6.07) is 9.39. The van der Waals surface area contributed by atoms with Gasteiger partial charge in [0.1, 0.15) is 5.75 Å². The van der Waals surface area contributed by atoms with Crippen LogP contribution in [0.15, 0.2) is 24.3 Å². The van der Waals surface area contributed by atoms with Crippen molar-refractivity contribution in [3.05, 3.63) is 29.8 Å². The van der Waals surface area contributed by atoms with Crippen molar-refractivity contribution in [2.24, 2.45) is 0 Å². The second kappa shape index (κ2) is 2.77. The molecule has 0 amide bonds. The largest absolute Gasteiger partial charge is 0.508 e. The summed E-state index contributed by atoms with van der Waals surface area (Å²) in [6.45, 7) is 0. The van der Waals surface area contributed by atoms with Gasteiger partial charge in [0.05, 0.1) is 11.5 Å². The van der Waals surface area contributed by atoms with Gasteiger partial charge in [0.2, 0.25) is 0 Å². The van der Waals surface area contributed by atoms with Crippen molar-refractivity contribution in [3.63, 3.8) is 0 Å². The smallest absolute Gasteiger partial charge is 0.115 e. The first-order valence-corrected chi connectivity index (χ1v) is 4.48. The van der Waals surface area contributed by atoms with Crippen LogP contribution in [0.4, 0.5) is 0 Å². The molecule has 1 saturated carbocycles. The van der Waals surface area contributed by atoms with Crippen LogP contribution in [0.1, 0.15) is 24.8 Å². The maximum atomic E-state index is 9.28. The Balaban J connectivity index is 2.40. The van der Waals surface area contributed by atoms with Gasteiger partial charge in [0.15, 0.2) is 0 Å². The summed E-state index contributed by atoms with van der Waals surface area (Å²) >= 11 is 0. The molecule has 1 aliphatic rings. The van der Waals surface area contributed by atoms with Gasteiger partial charge in [0.25, 0.3) is 0 Å². The van der Waals surface area contributed by atoms with E-state index >= 15 is 0 Å². The van der Waals surface area contributed by atoms with Crippen LogP contribution in [0.3, 0.4) is 0 Å². The Morgan fingerprint density at radius 1 is 1.38 bits per heavy atom. The Bertz CT molecular complexity index is 361. The highest BCUT2D eigenvalue weighted by Gasteiger charge is 2.38. The van der Waals surface area contributed by atoms with Crippen molar-refractivity contribution in [3.8, 4) is 11.8 Å². The molecule has 2 heteroatoms. The zero-order valence-electron chi connectivity index (χ0n) is 7.33. The van der Waals surface area contributed by atoms with Crippen molar-refractivity contribution < 1.29 is 5.11 Å². The molecule has 2 nitrogen and oxygen atoms in total. The van der Waals surface area contributed by atoms with E-state index in [4.69, 9.17) is 5.26 Å². The van der Waals surface area contributed by atoms with Crippen LogP contribution in [0.2, 0.25) is 0 Å². The number of nitriles is 1. The van der Waals surface area contributed by atoms with Crippen LogP contribution in [0, 0.1) is 11.3 Å². The number of rotatable bonds is 1. The lowest BCUT2D eigenvalue weighted by Crippen LogP contribution is -2.32. The molecule has 0 atom stereocenters. The molecule has 1 aliphatic carbocycles. The standard InChI is InChI=1S/C11H11NO/c12-8-11(5-2-6-11)9-3-1-4-10(13)7-9/h1,3-4,7,13H,2,5-6H2. The van der Waals surface area contributed by atoms with Crippen LogP contribution >= 0.6 is 0 Å². The van der Waals surface area contributed by atoms with Gasteiger partial charge in [-0.15, -0.1) is 0 Å². The number of hydrogen-bond acceptors (Lipinski definition) is 2. The topological polar surface area (TPSA) is 44.0 Å². The van der Waals surface area contributed by atoms with Crippen molar-refractivity contribution in [2.45, 2.75) is 24.7 Å². The highest BCUT2D eigenvalue weighted by atomic mass is 16.3. The average molecular weight is 173 g/mol. The molecule has 1 aromatic rings. The molecular formula is C11H11NO. The Morgan fingerprint density at radius 3 is 2.62 bits per heavy atom. The van der Waals surface area contributed by atoms with E-state index in [0.29, 0.717) is 0 Å². The molecule has 0 unspecified atom stereocenters. The Kier molecular flexibility index (Phi) is 1.73. The molecule has 0 aromatic heterocycles. The zero-order chi connectivity index (χ0) is 9.31. The summed E-state index contributed by atoms with van der Waals surface area (Å²) in [5, 5.41) is 18.3. The first kappa shape index (κ1) is 8.12. The van der Waals surface area contributed by atoms with Crippen LogP contribution in [-0.2, 0) is 5.41 Å². The van der Waals surface area contributed by atoms with Crippen LogP contribution < -0.4 is 0 Å². The second-order valence-electron chi connectivity index (χ2n) is 3.60. The van der Waals surface area contributed by atoms with Gasteiger partial charge in [-0.3, -0.25) is 0 Å². The molecular weight excluding hydrogens is 162 g/mol. The number of phenols is 1. The van der Waals surface area contributed by atoms with Gasteiger partial charge in [-0.2, -0.15) is 5.26 Å². The van der Waals surface area contributed by atoms with E-state index in [9.17, 15) is 5.11 Å². The molecule has 0 heterocycles. The number of benzene rings is 1. The molecule has 0 aliphatic heterocycles. The first-order chi connectivity index (χ1) is 6.27. The first-order valence-electron chi connectivity index (χ1n) is 4.48. The highest BCUT2D eigenvalue weighted by Crippen LogP contribution is 2.43. The Hall–Kier alpha value is -1.49. The van der Waals surface area contributed by atoms with E-state index < -0.39 is 0 Å². The minimum absolute atomic E-state index is 0.249. The van der Waals surface area contributed by atoms with Crippen LogP contribution in [-0.4, -0.2) is 5.11 Å². The lowest BCUT2D eigenvalue weighted by atomic mass is 9.65. The number of hydrogen-bond donors (Lipinski definition) is 1. The molecule has 1 N–H and O–H groups in total. The number of aromatic hydroxyl groups is 1. The van der Waals surface area contributed by atoms with E-state index in [1.807, 2.05) is 6.07 Å². The molecule has 2 rings (SSSR count). The second-order valence-corrected chi connectivity index (χ2v) is 3.60. The van der Waals surface area contributed by atoms with Gasteiger partial charge in [0, 0.05) is 0 Å². The fourth-order valence-corrected chi connectivity index (χ4v) is 1.80. The van der Waals surface area contributed by atoms with E-state index in [0.717, 1.165) is 24.8 Å². The minimum Gasteiger partial charge on any atom is -0.508 e. The molecule has 13 heavy (non-hydrogen) atoms. The normalized spacial score (nSPS) is 18.7. The summed E-state index contributed by atoms with van der Waals surface area (Å²) in [6.07, 6.45) is 2.96. The van der Waals surface area contributed by atoms with Crippen molar-refractivity contribution in [1.82, 2.24) is 0 Å². The summed E-state index contributed by atoms with van der Waals surface area (Å²) in [4.78, 5) is 0. The van der Waals surface area contributed by atoms with Crippen molar-refractivity contribution in [2.75, 3.05) is 0 Å². The summed E-state index contributed by atoms with van der Waals surface area (Å²) in [7, 11) is 0. The average Bonchev–Trinajstić information content (AvgIpc) is 2.03. The molecule has 0 spiro atoms. The number of phenolic OH excluding ortho intramolecular Hbond substituents is 1. The third-order valence-electron chi connectivity index (χ3n) is 2.82. The molecule has 66 valence electrons. The quantitative estimate of drug-likeness (QED) is 0.708. The highest BCUT2D eigenvalue weighted by molar-refractivity contribution is 5.39. The molecule has 1 fully saturated rings. The van der Waals surface area contributed by atoms with Gasteiger partial charge in [-0.25, -0.2) is 0 Å². The summed E-state index contributed by atoms with van der Waals surface area (Å²) in [5.74, 6) is 0.249. The number of nitrogens with zero attached hydrogens (tertiary/aromatic N) is 1. The van der Waals surface area contributed by atoms with E-state index in [2.05, 4.69) is 6.07 Å². The predicted octanol–water partition coefficient (Wildman–Crippen LogP) is 2.34. The Labute approximate surface area is 77.4 Å². The van der Waals surface area contributed by atoms with E-state index in [1.165, 1.54) is 0 Å². The molecule has 1 aromatic carbocycles. The van der Waals surface area contributed by atoms with Crippen LogP contribution in [0.5, 0.6) is 5.75 Å². The van der Waals surface area contributed by atoms with Gasteiger partial charge >= 0.3 is 0 Å². The van der Waals surface area contributed by atoms with Gasteiger partial charge in [-0.1, -0.05) is 12.1 Å². The summed E-state index contributed by atoms with van der Waals surface area (Å²) in [5.41, 5.74) is 0.653. The lowest BCUT2D eigenvalue weighted by Gasteiger charge is -2.35. The monoisotopic (exact) mass is 173 g/mol. The van der Waals surface area contributed by atoms with Gasteiger partial charge in [-0.05, 0) is 37.0 Å². The fraction of sp³-hybridized carbons (Fsp3) is 0.364. The zero-order valence-corrected chi connectivity index (χ0v) is 7.33. The fourth-order valence-electron chi connectivity index (χ4n) is 1.80. The van der Waals surface area contributed by atoms with Crippen molar-refractivity contribution >= 4 is 0 Å². The molecule has 0 bridgehead atoms. The summed E-state index contributed by atoms with van der Waals surface area (Å²) < 4.78 is 0. The predicted molar refractivity (Wildman–Crippen MR) is 49.2 cm³/mol. The van der Waals surface area contributed by atoms with Crippen molar-refractivity contribution in [1.29, 1.82) is 5.26 Å². The Morgan fingerprint density at radius 2 is 2.15 bits per heavy atom. The molecule has 0 saturated heterocycles. The van der Waals surface area contributed by atoms with Crippen LogP contribution in [0.25, 0.3) is 0 Å². The van der Waals surface area contributed by atoms with Gasteiger partial charge < -0.3 is 5.11 Å². The SMILES string of the molecule is N#CC1(c2cccc(O)c2)CCC1. The maximum Gasteiger partial charge on any atom is 0.115 e. The third kappa shape index (κ3) is 1.17.